The lowest BCUT2D eigenvalue weighted by molar-refractivity contribution is 0.153. The molecule has 2 heterocycles. The number of aliphatic hydroxyl groups excluding tert-OH is 1. The van der Waals surface area contributed by atoms with Gasteiger partial charge in [0, 0.05) is 18.3 Å². The van der Waals surface area contributed by atoms with E-state index in [-0.39, 0.29) is 6.61 Å². The lowest BCUT2D eigenvalue weighted by Crippen LogP contribution is -2.31. The zero-order valence-corrected chi connectivity index (χ0v) is 12.8. The van der Waals surface area contributed by atoms with Crippen molar-refractivity contribution in [3.05, 3.63) is 47.3 Å². The van der Waals surface area contributed by atoms with E-state index < -0.39 is 0 Å². The van der Waals surface area contributed by atoms with Crippen molar-refractivity contribution >= 4 is 0 Å². The van der Waals surface area contributed by atoms with Crippen LogP contribution in [0.5, 0.6) is 0 Å². The molecule has 3 rings (SSSR count). The van der Waals surface area contributed by atoms with Crippen molar-refractivity contribution in [3.8, 4) is 5.69 Å². The smallest absolute Gasteiger partial charge is 0.0648 e. The van der Waals surface area contributed by atoms with E-state index >= 15 is 0 Å². The van der Waals surface area contributed by atoms with Crippen LogP contribution in [0.4, 0.5) is 0 Å². The summed E-state index contributed by atoms with van der Waals surface area (Å²) in [5, 5.41) is 13.9. The number of rotatable bonds is 4. The number of benzene rings is 1. The molecule has 1 atom stereocenters. The van der Waals surface area contributed by atoms with Gasteiger partial charge in [-0.3, -0.25) is 4.90 Å². The van der Waals surface area contributed by atoms with E-state index in [1.165, 1.54) is 12.0 Å². The van der Waals surface area contributed by atoms with Crippen LogP contribution in [0.3, 0.4) is 0 Å². The third-order valence-corrected chi connectivity index (χ3v) is 4.29. The standard InChI is InChI=1S/C17H23N3O/c1-13-10-14(2)20(18-13)16-7-5-15(6-8-16)11-19-9-3-4-17(19)12-21/h5-8,10,17,21H,3-4,9,11-12H2,1-2H3. The Morgan fingerprint density at radius 3 is 2.62 bits per heavy atom. The van der Waals surface area contributed by atoms with Crippen molar-refractivity contribution in [2.45, 2.75) is 39.3 Å². The van der Waals surface area contributed by atoms with Crippen LogP contribution in [0, 0.1) is 13.8 Å². The minimum absolute atomic E-state index is 0.268. The van der Waals surface area contributed by atoms with Gasteiger partial charge in [-0.15, -0.1) is 0 Å². The predicted molar refractivity (Wildman–Crippen MR) is 83.6 cm³/mol. The van der Waals surface area contributed by atoms with Gasteiger partial charge < -0.3 is 5.11 Å². The second kappa shape index (κ2) is 6.00. The Hall–Kier alpha value is -1.65. The summed E-state index contributed by atoms with van der Waals surface area (Å²) >= 11 is 0. The van der Waals surface area contributed by atoms with Crippen molar-refractivity contribution in [1.82, 2.24) is 14.7 Å². The maximum Gasteiger partial charge on any atom is 0.0648 e. The Labute approximate surface area is 126 Å². The Balaban J connectivity index is 1.74. The van der Waals surface area contributed by atoms with Gasteiger partial charge >= 0.3 is 0 Å². The summed E-state index contributed by atoms with van der Waals surface area (Å²) in [5.74, 6) is 0. The Morgan fingerprint density at radius 2 is 2.00 bits per heavy atom. The van der Waals surface area contributed by atoms with Crippen LogP contribution in [0.2, 0.25) is 0 Å². The molecule has 1 saturated heterocycles. The van der Waals surface area contributed by atoms with Gasteiger partial charge in [0.2, 0.25) is 0 Å². The first kappa shape index (κ1) is 14.3. The molecule has 2 aromatic rings. The highest BCUT2D eigenvalue weighted by molar-refractivity contribution is 5.36. The van der Waals surface area contributed by atoms with Gasteiger partial charge in [0.1, 0.15) is 0 Å². The largest absolute Gasteiger partial charge is 0.395 e. The van der Waals surface area contributed by atoms with Gasteiger partial charge in [-0.25, -0.2) is 4.68 Å². The number of aromatic nitrogens is 2. The average molecular weight is 285 g/mol. The Kier molecular flexibility index (Phi) is 4.08. The highest BCUT2D eigenvalue weighted by atomic mass is 16.3. The summed E-state index contributed by atoms with van der Waals surface area (Å²) in [5.41, 5.74) is 4.59. The topological polar surface area (TPSA) is 41.3 Å². The molecular formula is C17H23N3O. The van der Waals surface area contributed by atoms with Gasteiger partial charge in [-0.2, -0.15) is 5.10 Å². The summed E-state index contributed by atoms with van der Waals surface area (Å²) in [6.07, 6.45) is 2.30. The monoisotopic (exact) mass is 285 g/mol. The van der Waals surface area contributed by atoms with Crippen molar-refractivity contribution in [3.63, 3.8) is 0 Å². The summed E-state index contributed by atoms with van der Waals surface area (Å²) in [7, 11) is 0. The van der Waals surface area contributed by atoms with Crippen LogP contribution in [-0.4, -0.2) is 39.0 Å². The maximum absolute atomic E-state index is 9.39. The van der Waals surface area contributed by atoms with E-state index in [0.29, 0.717) is 6.04 Å². The van der Waals surface area contributed by atoms with E-state index in [1.54, 1.807) is 0 Å². The van der Waals surface area contributed by atoms with Gasteiger partial charge in [-0.05, 0) is 57.0 Å². The third kappa shape index (κ3) is 3.01. The molecule has 1 unspecified atom stereocenters. The van der Waals surface area contributed by atoms with E-state index in [9.17, 15) is 5.11 Å². The number of nitrogens with zero attached hydrogens (tertiary/aromatic N) is 3. The maximum atomic E-state index is 9.39. The quantitative estimate of drug-likeness (QED) is 0.938. The number of hydrogen-bond acceptors (Lipinski definition) is 3. The normalized spacial score (nSPS) is 19.3. The van der Waals surface area contributed by atoms with Gasteiger partial charge in [0.05, 0.1) is 18.0 Å². The lowest BCUT2D eigenvalue weighted by atomic mass is 10.1. The van der Waals surface area contributed by atoms with Gasteiger partial charge in [0.25, 0.3) is 0 Å². The molecule has 1 aliphatic heterocycles. The van der Waals surface area contributed by atoms with Crippen molar-refractivity contribution < 1.29 is 5.11 Å². The Morgan fingerprint density at radius 1 is 1.24 bits per heavy atom. The third-order valence-electron chi connectivity index (χ3n) is 4.29. The van der Waals surface area contributed by atoms with Crippen LogP contribution < -0.4 is 0 Å². The van der Waals surface area contributed by atoms with Crippen molar-refractivity contribution in [2.24, 2.45) is 0 Å². The first-order chi connectivity index (χ1) is 10.2. The second-order valence-corrected chi connectivity index (χ2v) is 5.95. The molecule has 4 nitrogen and oxygen atoms in total. The summed E-state index contributed by atoms with van der Waals surface area (Å²) in [6.45, 7) is 6.36. The molecule has 4 heteroatoms. The fourth-order valence-electron chi connectivity index (χ4n) is 3.18. The highest BCUT2D eigenvalue weighted by Crippen LogP contribution is 2.20. The molecule has 0 aliphatic carbocycles. The molecule has 1 fully saturated rings. The number of hydrogen-bond donors (Lipinski definition) is 1. The van der Waals surface area contributed by atoms with E-state index in [2.05, 4.69) is 47.3 Å². The SMILES string of the molecule is Cc1cc(C)n(-c2ccc(CN3CCCC3CO)cc2)n1. The van der Waals surface area contributed by atoms with E-state index in [1.807, 2.05) is 11.6 Å². The minimum atomic E-state index is 0.268. The lowest BCUT2D eigenvalue weighted by Gasteiger charge is -2.22. The molecule has 0 amide bonds. The molecule has 112 valence electrons. The highest BCUT2D eigenvalue weighted by Gasteiger charge is 2.23. The zero-order valence-electron chi connectivity index (χ0n) is 12.8. The number of aliphatic hydroxyl groups is 1. The van der Waals surface area contributed by atoms with Crippen molar-refractivity contribution in [1.29, 1.82) is 0 Å². The first-order valence-electron chi connectivity index (χ1n) is 7.65. The van der Waals surface area contributed by atoms with Gasteiger partial charge in [0.15, 0.2) is 0 Å². The average Bonchev–Trinajstić information content (AvgIpc) is 3.06. The molecule has 0 radical (unpaired) electrons. The molecule has 21 heavy (non-hydrogen) atoms. The molecule has 0 spiro atoms. The zero-order chi connectivity index (χ0) is 14.8. The van der Waals surface area contributed by atoms with Crippen LogP contribution in [0.15, 0.2) is 30.3 Å². The fourth-order valence-corrected chi connectivity index (χ4v) is 3.18. The fraction of sp³-hybridized carbons (Fsp3) is 0.471. The molecule has 1 aliphatic rings. The Bertz CT molecular complexity index is 603. The summed E-state index contributed by atoms with van der Waals surface area (Å²) in [4.78, 5) is 2.37. The second-order valence-electron chi connectivity index (χ2n) is 5.95. The molecule has 0 saturated carbocycles. The molecule has 0 bridgehead atoms. The van der Waals surface area contributed by atoms with Crippen LogP contribution in [-0.2, 0) is 6.54 Å². The summed E-state index contributed by atoms with van der Waals surface area (Å²) < 4.78 is 1.98. The predicted octanol–water partition coefficient (Wildman–Crippen LogP) is 2.45. The number of aryl methyl sites for hydroxylation is 2. The van der Waals surface area contributed by atoms with E-state index in [0.717, 1.165) is 36.6 Å². The molecule has 1 aromatic carbocycles. The van der Waals surface area contributed by atoms with Crippen LogP contribution >= 0.6 is 0 Å². The first-order valence-corrected chi connectivity index (χ1v) is 7.65. The van der Waals surface area contributed by atoms with Gasteiger partial charge in [-0.1, -0.05) is 12.1 Å². The van der Waals surface area contributed by atoms with Crippen LogP contribution in [0.25, 0.3) is 5.69 Å². The molecule has 1 N–H and O–H groups in total. The summed E-state index contributed by atoms with van der Waals surface area (Å²) in [6, 6.07) is 11.0. The van der Waals surface area contributed by atoms with Crippen molar-refractivity contribution in [2.75, 3.05) is 13.2 Å². The molecule has 1 aromatic heterocycles. The number of likely N-dealkylation sites (tertiary alicyclic amines) is 1. The van der Waals surface area contributed by atoms with Crippen LogP contribution in [0.1, 0.15) is 29.8 Å². The minimum Gasteiger partial charge on any atom is -0.395 e. The van der Waals surface area contributed by atoms with E-state index in [4.69, 9.17) is 0 Å². The molecular weight excluding hydrogens is 262 g/mol.